The van der Waals surface area contributed by atoms with E-state index in [1.165, 1.54) is 12.1 Å². The Labute approximate surface area is 132 Å². The fraction of sp³-hybridized carbons (Fsp3) is 0.0714. The van der Waals surface area contributed by atoms with Crippen molar-refractivity contribution < 1.29 is 13.9 Å². The zero-order valence-electron chi connectivity index (χ0n) is 9.70. The first-order valence-electron chi connectivity index (χ1n) is 5.43. The molecule has 0 bridgehead atoms. The maximum atomic E-state index is 13.4. The highest BCUT2D eigenvalue weighted by Crippen LogP contribution is 2.22. The number of ether oxygens (including phenoxy) is 1. The summed E-state index contributed by atoms with van der Waals surface area (Å²) in [4.78, 5) is 11.9. The lowest BCUT2D eigenvalue weighted by Gasteiger charge is -2.07. The van der Waals surface area contributed by atoms with Crippen LogP contribution in [0.2, 0.25) is 0 Å². The normalized spacial score (nSPS) is 10.3. The number of benzene rings is 2. The lowest BCUT2D eigenvalue weighted by molar-refractivity contribution is 0.0918. The zero-order valence-corrected chi connectivity index (χ0v) is 13.4. The largest absolute Gasteiger partial charge is 0.482 e. The van der Waals surface area contributed by atoms with Crippen molar-refractivity contribution in [2.75, 3.05) is 6.61 Å². The Hall–Kier alpha value is -0.950. The monoisotopic (exact) mass is 434 g/mol. The van der Waals surface area contributed by atoms with Crippen molar-refractivity contribution in [2.45, 2.75) is 0 Å². The van der Waals surface area contributed by atoms with Crippen LogP contribution < -0.4 is 4.74 Å². The molecule has 0 unspecified atom stereocenters. The maximum absolute atomic E-state index is 13.4. The Morgan fingerprint density at radius 2 is 1.89 bits per heavy atom. The molecule has 0 saturated heterocycles. The zero-order chi connectivity index (χ0) is 13.8. The number of hydrogen-bond donors (Lipinski definition) is 0. The van der Waals surface area contributed by atoms with Gasteiger partial charge < -0.3 is 4.74 Å². The van der Waals surface area contributed by atoms with Gasteiger partial charge in [0.25, 0.3) is 0 Å². The van der Waals surface area contributed by atoms with E-state index in [1.54, 1.807) is 18.2 Å². The van der Waals surface area contributed by atoms with Crippen LogP contribution in [-0.2, 0) is 0 Å². The average Bonchev–Trinajstić information content (AvgIpc) is 2.40. The smallest absolute Gasteiger partial charge is 0.200 e. The number of carbonyl (C=O) groups is 1. The Morgan fingerprint density at radius 1 is 1.21 bits per heavy atom. The molecule has 19 heavy (non-hydrogen) atoms. The van der Waals surface area contributed by atoms with E-state index in [9.17, 15) is 9.18 Å². The van der Waals surface area contributed by atoms with Crippen LogP contribution in [-0.4, -0.2) is 12.4 Å². The summed E-state index contributed by atoms with van der Waals surface area (Å²) in [6, 6.07) is 11.5. The van der Waals surface area contributed by atoms with E-state index in [-0.39, 0.29) is 18.1 Å². The quantitative estimate of drug-likeness (QED) is 0.524. The Morgan fingerprint density at radius 3 is 2.58 bits per heavy atom. The Balaban J connectivity index is 2.04. The van der Waals surface area contributed by atoms with Gasteiger partial charge in [-0.1, -0.05) is 28.1 Å². The minimum Gasteiger partial charge on any atom is -0.482 e. The fourth-order valence-corrected chi connectivity index (χ4v) is 2.15. The molecule has 0 aliphatic heterocycles. The highest BCUT2D eigenvalue weighted by molar-refractivity contribution is 14.1. The molecule has 0 heterocycles. The van der Waals surface area contributed by atoms with Crippen molar-refractivity contribution in [3.05, 3.63) is 61.9 Å². The van der Waals surface area contributed by atoms with Crippen LogP contribution >= 0.6 is 38.5 Å². The second-order valence-electron chi connectivity index (χ2n) is 3.79. The van der Waals surface area contributed by atoms with Gasteiger partial charge in [-0.15, -0.1) is 0 Å². The average molecular weight is 435 g/mol. The standard InChI is InChI=1S/C14H9BrFIO2/c15-10-3-6-12(16)14(7-10)19-8-13(18)9-1-4-11(17)5-2-9/h1-7H,8H2. The predicted octanol–water partition coefficient (Wildman–Crippen LogP) is 4.45. The summed E-state index contributed by atoms with van der Waals surface area (Å²) in [7, 11) is 0. The number of carbonyl (C=O) groups excluding carboxylic acids is 1. The summed E-state index contributed by atoms with van der Waals surface area (Å²) in [5, 5.41) is 0. The minimum atomic E-state index is -0.487. The second kappa shape index (κ2) is 6.47. The SMILES string of the molecule is O=C(COc1cc(Br)ccc1F)c1ccc(I)cc1. The first-order chi connectivity index (χ1) is 9.06. The van der Waals surface area contributed by atoms with Gasteiger partial charge in [-0.3, -0.25) is 4.79 Å². The van der Waals surface area contributed by atoms with Crippen molar-refractivity contribution >= 4 is 44.3 Å². The number of Topliss-reactive ketones (excluding diaryl/α,β-unsaturated/α-hetero) is 1. The van der Waals surface area contributed by atoms with Crippen LogP contribution in [0, 0.1) is 9.39 Å². The van der Waals surface area contributed by atoms with Gasteiger partial charge >= 0.3 is 0 Å². The summed E-state index contributed by atoms with van der Waals surface area (Å²) < 4.78 is 20.4. The van der Waals surface area contributed by atoms with E-state index in [0.717, 1.165) is 3.57 Å². The second-order valence-corrected chi connectivity index (χ2v) is 5.95. The van der Waals surface area contributed by atoms with Crippen LogP contribution in [0.25, 0.3) is 0 Å². The predicted molar refractivity (Wildman–Crippen MR) is 83.1 cm³/mol. The van der Waals surface area contributed by atoms with Crippen LogP contribution in [0.4, 0.5) is 4.39 Å². The molecule has 2 nitrogen and oxygen atoms in total. The van der Waals surface area contributed by atoms with Gasteiger partial charge in [0.2, 0.25) is 0 Å². The number of halogens is 3. The van der Waals surface area contributed by atoms with Crippen molar-refractivity contribution in [2.24, 2.45) is 0 Å². The van der Waals surface area contributed by atoms with Crippen molar-refractivity contribution in [3.63, 3.8) is 0 Å². The first-order valence-corrected chi connectivity index (χ1v) is 7.30. The topological polar surface area (TPSA) is 26.3 Å². The van der Waals surface area contributed by atoms with Crippen molar-refractivity contribution in [1.29, 1.82) is 0 Å². The molecule has 0 aromatic heterocycles. The van der Waals surface area contributed by atoms with E-state index in [4.69, 9.17) is 4.74 Å². The summed E-state index contributed by atoms with van der Waals surface area (Å²) in [6.07, 6.45) is 0. The third kappa shape index (κ3) is 4.01. The van der Waals surface area contributed by atoms with Gasteiger partial charge in [0.05, 0.1) is 0 Å². The van der Waals surface area contributed by atoms with E-state index < -0.39 is 5.82 Å². The molecule has 0 spiro atoms. The third-order valence-corrected chi connectivity index (χ3v) is 3.63. The molecule has 5 heteroatoms. The van der Waals surface area contributed by atoms with E-state index >= 15 is 0 Å². The maximum Gasteiger partial charge on any atom is 0.200 e. The molecule has 0 atom stereocenters. The van der Waals surface area contributed by atoms with Crippen LogP contribution in [0.15, 0.2) is 46.9 Å². The van der Waals surface area contributed by atoms with Gasteiger partial charge in [0.1, 0.15) is 0 Å². The van der Waals surface area contributed by atoms with Gasteiger partial charge in [0.15, 0.2) is 24.0 Å². The summed E-state index contributed by atoms with van der Waals surface area (Å²) in [5.74, 6) is -0.609. The minimum absolute atomic E-state index is 0.0632. The number of ketones is 1. The molecule has 0 fully saturated rings. The van der Waals surface area contributed by atoms with E-state index in [1.807, 2.05) is 12.1 Å². The summed E-state index contributed by atoms with van der Waals surface area (Å²) in [6.45, 7) is -0.187. The van der Waals surface area contributed by atoms with Gasteiger partial charge in [-0.2, -0.15) is 0 Å². The molecule has 98 valence electrons. The molecule has 0 amide bonds. The van der Waals surface area contributed by atoms with Crippen LogP contribution in [0.3, 0.4) is 0 Å². The van der Waals surface area contributed by atoms with E-state index in [0.29, 0.717) is 10.0 Å². The van der Waals surface area contributed by atoms with Gasteiger partial charge in [-0.05, 0) is 52.9 Å². The Bertz CT molecular complexity index is 599. The van der Waals surface area contributed by atoms with Crippen LogP contribution in [0.1, 0.15) is 10.4 Å². The molecule has 2 aromatic rings. The van der Waals surface area contributed by atoms with Crippen LogP contribution in [0.5, 0.6) is 5.75 Å². The molecule has 0 N–H and O–H groups in total. The number of hydrogen-bond acceptors (Lipinski definition) is 2. The molecule has 0 radical (unpaired) electrons. The molecule has 0 aliphatic rings. The Kier molecular flexibility index (Phi) is 4.93. The first kappa shape index (κ1) is 14.5. The molecule has 0 aliphatic carbocycles. The van der Waals surface area contributed by atoms with Gasteiger partial charge in [0, 0.05) is 13.6 Å². The van der Waals surface area contributed by atoms with Gasteiger partial charge in [-0.25, -0.2) is 4.39 Å². The highest BCUT2D eigenvalue weighted by Gasteiger charge is 2.09. The summed E-state index contributed by atoms with van der Waals surface area (Å²) in [5.41, 5.74) is 0.552. The number of rotatable bonds is 4. The fourth-order valence-electron chi connectivity index (χ4n) is 1.45. The molecule has 0 saturated carbocycles. The summed E-state index contributed by atoms with van der Waals surface area (Å²) >= 11 is 5.38. The highest BCUT2D eigenvalue weighted by atomic mass is 127. The van der Waals surface area contributed by atoms with Crippen molar-refractivity contribution in [3.8, 4) is 5.75 Å². The lowest BCUT2D eigenvalue weighted by atomic mass is 10.1. The molecular formula is C14H9BrFIO2. The molecular weight excluding hydrogens is 426 g/mol. The molecule has 2 rings (SSSR count). The van der Waals surface area contributed by atoms with E-state index in [2.05, 4.69) is 38.5 Å². The molecule has 2 aromatic carbocycles. The third-order valence-electron chi connectivity index (χ3n) is 2.42. The lowest BCUT2D eigenvalue weighted by Crippen LogP contribution is -2.12. The van der Waals surface area contributed by atoms with Crippen molar-refractivity contribution in [1.82, 2.24) is 0 Å².